The molecule has 0 aliphatic carbocycles. The van der Waals surface area contributed by atoms with Gasteiger partial charge in [-0.2, -0.15) is 0 Å². The smallest absolute Gasteiger partial charge is 0.123 e. The maximum atomic E-state index is 13.0. The average molecular weight is 233 g/mol. The van der Waals surface area contributed by atoms with Crippen molar-refractivity contribution >= 4 is 11.6 Å². The lowest BCUT2D eigenvalue weighted by Crippen LogP contribution is -2.36. The summed E-state index contributed by atoms with van der Waals surface area (Å²) in [6, 6.07) is 3.89. The molecule has 0 heterocycles. The molecule has 1 aromatic rings. The summed E-state index contributed by atoms with van der Waals surface area (Å²) in [5, 5.41) is 10.5. The number of rotatable bonds is 3. The normalized spacial score (nSPS) is 17.2. The number of benzene rings is 1. The van der Waals surface area contributed by atoms with Gasteiger partial charge in [0, 0.05) is 17.7 Å². The molecule has 0 radical (unpaired) electrons. The molecule has 0 saturated heterocycles. The molecule has 1 N–H and O–H groups in total. The van der Waals surface area contributed by atoms with E-state index in [1.165, 1.54) is 25.3 Å². The van der Waals surface area contributed by atoms with Crippen LogP contribution in [0.25, 0.3) is 0 Å². The van der Waals surface area contributed by atoms with E-state index in [0.717, 1.165) is 0 Å². The monoisotopic (exact) mass is 232 g/mol. The van der Waals surface area contributed by atoms with Crippen molar-refractivity contribution in [1.29, 1.82) is 0 Å². The van der Waals surface area contributed by atoms with E-state index in [4.69, 9.17) is 16.3 Å². The zero-order valence-electron chi connectivity index (χ0n) is 8.92. The second kappa shape index (κ2) is 4.47. The van der Waals surface area contributed by atoms with Gasteiger partial charge in [0.2, 0.25) is 0 Å². The molecule has 2 nitrogen and oxygen atoms in total. The largest absolute Gasteiger partial charge is 0.383 e. The third-order valence-electron chi connectivity index (χ3n) is 2.62. The zero-order chi connectivity index (χ0) is 11.6. The molecule has 0 bridgehead atoms. The minimum Gasteiger partial charge on any atom is -0.383 e. The van der Waals surface area contributed by atoms with E-state index in [-0.39, 0.29) is 0 Å². The number of methoxy groups -OCH3 is 1. The van der Waals surface area contributed by atoms with E-state index in [9.17, 15) is 9.50 Å². The third kappa shape index (κ3) is 2.48. The molecule has 0 saturated carbocycles. The van der Waals surface area contributed by atoms with Crippen LogP contribution >= 0.6 is 11.6 Å². The maximum absolute atomic E-state index is 13.0. The van der Waals surface area contributed by atoms with Crippen LogP contribution in [0, 0.1) is 5.82 Å². The fourth-order valence-electron chi connectivity index (χ4n) is 1.33. The predicted molar refractivity (Wildman–Crippen MR) is 57.5 cm³/mol. The van der Waals surface area contributed by atoms with E-state index in [1.807, 2.05) is 0 Å². The first kappa shape index (κ1) is 12.4. The molecule has 0 aliphatic heterocycles. The highest BCUT2D eigenvalue weighted by atomic mass is 35.5. The van der Waals surface area contributed by atoms with Gasteiger partial charge in [0.1, 0.15) is 11.4 Å². The van der Waals surface area contributed by atoms with Crippen LogP contribution in [0.4, 0.5) is 4.39 Å². The van der Waals surface area contributed by atoms with Crippen molar-refractivity contribution in [3.63, 3.8) is 0 Å². The number of ether oxygens (including phenoxy) is 1. The summed E-state index contributed by atoms with van der Waals surface area (Å²) < 4.78 is 18.1. The summed E-state index contributed by atoms with van der Waals surface area (Å²) in [5.74, 6) is -0.432. The Hall–Kier alpha value is -0.640. The van der Waals surface area contributed by atoms with Gasteiger partial charge in [-0.3, -0.25) is 0 Å². The van der Waals surface area contributed by atoms with Crippen LogP contribution in [0.1, 0.15) is 19.4 Å². The second-order valence-corrected chi connectivity index (χ2v) is 4.06. The molecule has 15 heavy (non-hydrogen) atoms. The van der Waals surface area contributed by atoms with Crippen LogP contribution in [-0.4, -0.2) is 18.3 Å². The topological polar surface area (TPSA) is 29.5 Å². The van der Waals surface area contributed by atoms with E-state index in [2.05, 4.69) is 0 Å². The fourth-order valence-corrected chi connectivity index (χ4v) is 1.64. The Balaban J connectivity index is 3.19. The van der Waals surface area contributed by atoms with Crippen LogP contribution in [0.2, 0.25) is 5.02 Å². The molecule has 4 heteroatoms. The molecule has 84 valence electrons. The van der Waals surface area contributed by atoms with E-state index >= 15 is 0 Å². The van der Waals surface area contributed by atoms with Crippen molar-refractivity contribution in [3.05, 3.63) is 34.6 Å². The van der Waals surface area contributed by atoms with Crippen molar-refractivity contribution < 1.29 is 14.2 Å². The first-order valence-corrected chi connectivity index (χ1v) is 4.98. The number of aliphatic hydroxyl groups is 1. The molecular formula is C11H14ClFO2. The highest BCUT2D eigenvalue weighted by Gasteiger charge is 2.32. The Bertz CT molecular complexity index is 352. The number of hydrogen-bond donors (Lipinski definition) is 1. The second-order valence-electron chi connectivity index (χ2n) is 3.65. The molecule has 2 atom stereocenters. The van der Waals surface area contributed by atoms with E-state index in [0.29, 0.717) is 10.6 Å². The van der Waals surface area contributed by atoms with Crippen LogP contribution < -0.4 is 0 Å². The minimum atomic E-state index is -1.31. The van der Waals surface area contributed by atoms with Gasteiger partial charge < -0.3 is 9.84 Å². The van der Waals surface area contributed by atoms with Crippen molar-refractivity contribution in [2.24, 2.45) is 0 Å². The number of hydrogen-bond acceptors (Lipinski definition) is 2. The first-order valence-electron chi connectivity index (χ1n) is 4.60. The van der Waals surface area contributed by atoms with Gasteiger partial charge in [-0.05, 0) is 32.0 Å². The quantitative estimate of drug-likeness (QED) is 0.869. The van der Waals surface area contributed by atoms with Gasteiger partial charge in [0.05, 0.1) is 6.10 Å². The molecule has 1 rings (SSSR count). The van der Waals surface area contributed by atoms with Gasteiger partial charge in [0.25, 0.3) is 0 Å². The van der Waals surface area contributed by atoms with Gasteiger partial charge in [-0.15, -0.1) is 0 Å². The molecule has 0 spiro atoms. The molecule has 0 fully saturated rings. The molecule has 0 amide bonds. The van der Waals surface area contributed by atoms with Crippen molar-refractivity contribution in [2.75, 3.05) is 7.11 Å². The molecule has 0 aliphatic rings. The van der Waals surface area contributed by atoms with Crippen molar-refractivity contribution in [2.45, 2.75) is 25.6 Å². The Morgan fingerprint density at radius 1 is 1.53 bits per heavy atom. The summed E-state index contributed by atoms with van der Waals surface area (Å²) in [4.78, 5) is 0. The Morgan fingerprint density at radius 2 is 2.13 bits per heavy atom. The van der Waals surface area contributed by atoms with Crippen LogP contribution in [0.15, 0.2) is 18.2 Å². The highest BCUT2D eigenvalue weighted by molar-refractivity contribution is 6.31. The SMILES string of the molecule is COC(C)C(C)(O)c1cc(F)ccc1Cl. The Morgan fingerprint density at radius 3 is 2.67 bits per heavy atom. The third-order valence-corrected chi connectivity index (χ3v) is 2.95. The van der Waals surface area contributed by atoms with E-state index < -0.39 is 17.5 Å². The van der Waals surface area contributed by atoms with E-state index in [1.54, 1.807) is 13.8 Å². The maximum Gasteiger partial charge on any atom is 0.123 e. The lowest BCUT2D eigenvalue weighted by atomic mass is 9.91. The molecule has 0 aromatic heterocycles. The minimum absolute atomic E-state index is 0.324. The summed E-state index contributed by atoms with van der Waals surface area (Å²) >= 11 is 5.90. The van der Waals surface area contributed by atoms with Gasteiger partial charge in [-0.1, -0.05) is 11.6 Å². The first-order chi connectivity index (χ1) is 6.89. The highest BCUT2D eigenvalue weighted by Crippen LogP contribution is 2.32. The summed E-state index contributed by atoms with van der Waals surface area (Å²) in [5.41, 5.74) is -0.980. The summed E-state index contributed by atoms with van der Waals surface area (Å²) in [6.45, 7) is 3.24. The molecule has 1 aromatic carbocycles. The Kier molecular flexibility index (Phi) is 3.71. The molecular weight excluding hydrogens is 219 g/mol. The predicted octanol–water partition coefficient (Wildman–Crippen LogP) is 2.72. The van der Waals surface area contributed by atoms with Crippen molar-refractivity contribution in [3.8, 4) is 0 Å². The summed E-state index contributed by atoms with van der Waals surface area (Å²) in [7, 11) is 1.48. The van der Waals surface area contributed by atoms with Crippen LogP contribution in [0.3, 0.4) is 0 Å². The average Bonchev–Trinajstić information content (AvgIpc) is 2.20. The van der Waals surface area contributed by atoms with Gasteiger partial charge in [0.15, 0.2) is 0 Å². The zero-order valence-corrected chi connectivity index (χ0v) is 9.68. The van der Waals surface area contributed by atoms with Crippen molar-refractivity contribution in [1.82, 2.24) is 0 Å². The van der Waals surface area contributed by atoms with Crippen LogP contribution in [-0.2, 0) is 10.3 Å². The number of halogens is 2. The standard InChI is InChI=1S/C11H14ClFO2/c1-7(15-3)11(2,14)9-6-8(13)4-5-10(9)12/h4-7,14H,1-3H3. The Labute approximate surface area is 93.6 Å². The van der Waals surface area contributed by atoms with Gasteiger partial charge in [-0.25, -0.2) is 4.39 Å². The lowest BCUT2D eigenvalue weighted by Gasteiger charge is -2.30. The summed E-state index contributed by atoms with van der Waals surface area (Å²) in [6.07, 6.45) is -0.475. The van der Waals surface area contributed by atoms with Crippen LogP contribution in [0.5, 0.6) is 0 Å². The van der Waals surface area contributed by atoms with Gasteiger partial charge >= 0.3 is 0 Å². The fraction of sp³-hybridized carbons (Fsp3) is 0.455. The molecule has 2 unspecified atom stereocenters. The lowest BCUT2D eigenvalue weighted by molar-refractivity contribution is -0.0772.